The Balaban J connectivity index is 1.86. The molecule has 0 amide bonds. The number of nitrogens with zero attached hydrogens (tertiary/aromatic N) is 1. The van der Waals surface area contributed by atoms with Crippen LogP contribution in [0.2, 0.25) is 5.02 Å². The molecule has 0 spiro atoms. The first-order chi connectivity index (χ1) is 7.78. The van der Waals surface area contributed by atoms with E-state index in [0.29, 0.717) is 10.9 Å². The molecular formula is C12H14ClNO2. The van der Waals surface area contributed by atoms with Gasteiger partial charge in [-0.25, -0.2) is 4.98 Å². The number of carbonyl (C=O) groups is 1. The predicted molar refractivity (Wildman–Crippen MR) is 61.7 cm³/mol. The zero-order valence-electron chi connectivity index (χ0n) is 8.93. The number of aromatic nitrogens is 1. The van der Waals surface area contributed by atoms with Gasteiger partial charge in [-0.05, 0) is 31.7 Å². The molecule has 1 aliphatic rings. The van der Waals surface area contributed by atoms with Crippen LogP contribution in [0.1, 0.15) is 25.7 Å². The molecule has 0 unspecified atom stereocenters. The molecule has 86 valence electrons. The highest BCUT2D eigenvalue weighted by molar-refractivity contribution is 6.30. The van der Waals surface area contributed by atoms with Crippen LogP contribution < -0.4 is 4.74 Å². The lowest BCUT2D eigenvalue weighted by molar-refractivity contribution is -0.112. The summed E-state index contributed by atoms with van der Waals surface area (Å²) in [6.07, 6.45) is 6.50. The number of halogens is 1. The van der Waals surface area contributed by atoms with Gasteiger partial charge in [-0.15, -0.1) is 0 Å². The fraction of sp³-hybridized carbons (Fsp3) is 0.500. The Morgan fingerprint density at radius 1 is 1.31 bits per heavy atom. The van der Waals surface area contributed by atoms with E-state index >= 15 is 0 Å². The summed E-state index contributed by atoms with van der Waals surface area (Å²) in [7, 11) is 0. The quantitative estimate of drug-likeness (QED) is 0.762. The zero-order valence-corrected chi connectivity index (χ0v) is 9.69. The first-order valence-electron chi connectivity index (χ1n) is 5.51. The summed E-state index contributed by atoms with van der Waals surface area (Å²) >= 11 is 5.74. The SMILES string of the molecule is O=C[C@H]1CC[C@H](Oc2ccc(Cl)cn2)CC1. The summed E-state index contributed by atoms with van der Waals surface area (Å²) in [5.74, 6) is 0.831. The monoisotopic (exact) mass is 239 g/mol. The third kappa shape index (κ3) is 2.95. The molecule has 3 nitrogen and oxygen atoms in total. The third-order valence-electron chi connectivity index (χ3n) is 2.90. The minimum Gasteiger partial charge on any atom is -0.474 e. The van der Waals surface area contributed by atoms with Crippen LogP contribution in [-0.4, -0.2) is 17.4 Å². The Hall–Kier alpha value is -1.09. The number of hydrogen-bond donors (Lipinski definition) is 0. The summed E-state index contributed by atoms with van der Waals surface area (Å²) in [6, 6.07) is 3.54. The molecular weight excluding hydrogens is 226 g/mol. The second-order valence-corrected chi connectivity index (χ2v) is 4.54. The van der Waals surface area contributed by atoms with Crippen molar-refractivity contribution in [1.82, 2.24) is 4.98 Å². The summed E-state index contributed by atoms with van der Waals surface area (Å²) in [6.45, 7) is 0. The Morgan fingerprint density at radius 2 is 2.06 bits per heavy atom. The van der Waals surface area contributed by atoms with Crippen molar-refractivity contribution in [3.8, 4) is 5.88 Å². The Kier molecular flexibility index (Phi) is 3.78. The van der Waals surface area contributed by atoms with Crippen LogP contribution in [-0.2, 0) is 4.79 Å². The molecule has 2 rings (SSSR count). The van der Waals surface area contributed by atoms with Crippen LogP contribution in [0, 0.1) is 5.92 Å². The Labute approximate surface area is 99.8 Å². The first kappa shape index (κ1) is 11.4. The Bertz CT molecular complexity index is 345. The zero-order chi connectivity index (χ0) is 11.4. The third-order valence-corrected chi connectivity index (χ3v) is 3.12. The lowest BCUT2D eigenvalue weighted by Crippen LogP contribution is -2.24. The van der Waals surface area contributed by atoms with Crippen molar-refractivity contribution in [2.45, 2.75) is 31.8 Å². The van der Waals surface area contributed by atoms with Crippen LogP contribution in [0.15, 0.2) is 18.3 Å². The van der Waals surface area contributed by atoms with E-state index < -0.39 is 0 Å². The smallest absolute Gasteiger partial charge is 0.213 e. The average molecular weight is 240 g/mol. The molecule has 0 aromatic carbocycles. The van der Waals surface area contributed by atoms with Crippen LogP contribution in [0.4, 0.5) is 0 Å². The molecule has 1 heterocycles. The van der Waals surface area contributed by atoms with E-state index in [-0.39, 0.29) is 12.0 Å². The number of aldehydes is 1. The van der Waals surface area contributed by atoms with E-state index in [1.54, 1.807) is 18.3 Å². The molecule has 0 aliphatic heterocycles. The van der Waals surface area contributed by atoms with Crippen molar-refractivity contribution in [2.24, 2.45) is 5.92 Å². The van der Waals surface area contributed by atoms with Gasteiger partial charge in [-0.2, -0.15) is 0 Å². The van der Waals surface area contributed by atoms with Crippen LogP contribution >= 0.6 is 11.6 Å². The lowest BCUT2D eigenvalue weighted by Gasteiger charge is -2.25. The average Bonchev–Trinajstić information content (AvgIpc) is 2.33. The molecule has 1 aromatic rings. The largest absolute Gasteiger partial charge is 0.474 e. The van der Waals surface area contributed by atoms with Crippen LogP contribution in [0.25, 0.3) is 0 Å². The fourth-order valence-electron chi connectivity index (χ4n) is 1.95. The van der Waals surface area contributed by atoms with Gasteiger partial charge in [0.05, 0.1) is 5.02 Å². The molecule has 1 aromatic heterocycles. The molecule has 0 N–H and O–H groups in total. The van der Waals surface area contributed by atoms with Gasteiger partial charge >= 0.3 is 0 Å². The second kappa shape index (κ2) is 5.30. The van der Waals surface area contributed by atoms with Crippen molar-refractivity contribution in [3.63, 3.8) is 0 Å². The van der Waals surface area contributed by atoms with E-state index in [0.717, 1.165) is 32.0 Å². The van der Waals surface area contributed by atoms with Gasteiger partial charge in [-0.1, -0.05) is 11.6 Å². The highest BCUT2D eigenvalue weighted by atomic mass is 35.5. The van der Waals surface area contributed by atoms with Crippen LogP contribution in [0.5, 0.6) is 5.88 Å². The number of rotatable bonds is 3. The summed E-state index contributed by atoms with van der Waals surface area (Å²) in [4.78, 5) is 14.7. The number of carbonyl (C=O) groups excluding carboxylic acids is 1. The second-order valence-electron chi connectivity index (χ2n) is 4.11. The maximum Gasteiger partial charge on any atom is 0.213 e. The van der Waals surface area contributed by atoms with E-state index in [9.17, 15) is 4.79 Å². The maximum atomic E-state index is 10.6. The minimum atomic E-state index is 0.185. The summed E-state index contributed by atoms with van der Waals surface area (Å²) < 4.78 is 5.72. The van der Waals surface area contributed by atoms with Gasteiger partial charge in [0.1, 0.15) is 12.4 Å². The van der Waals surface area contributed by atoms with Crippen molar-refractivity contribution in [2.75, 3.05) is 0 Å². The van der Waals surface area contributed by atoms with E-state index in [2.05, 4.69) is 4.98 Å². The number of ether oxygens (including phenoxy) is 1. The standard InChI is InChI=1S/C12H14ClNO2/c13-10-3-6-12(14-7-10)16-11-4-1-9(8-15)2-5-11/h3,6-9,11H,1-2,4-5H2/t9-,11-. The summed E-state index contributed by atoms with van der Waals surface area (Å²) in [5, 5.41) is 0.608. The maximum absolute atomic E-state index is 10.6. The molecule has 1 saturated carbocycles. The van der Waals surface area contributed by atoms with Gasteiger partial charge in [0.15, 0.2) is 0 Å². The van der Waals surface area contributed by atoms with Crippen molar-refractivity contribution < 1.29 is 9.53 Å². The topological polar surface area (TPSA) is 39.2 Å². The van der Waals surface area contributed by atoms with Gasteiger partial charge in [0, 0.05) is 18.2 Å². The van der Waals surface area contributed by atoms with Gasteiger partial charge in [0.25, 0.3) is 0 Å². The predicted octanol–water partition coefficient (Wildman–Crippen LogP) is 2.87. The van der Waals surface area contributed by atoms with Gasteiger partial charge in [0.2, 0.25) is 5.88 Å². The van der Waals surface area contributed by atoms with Crippen LogP contribution in [0.3, 0.4) is 0 Å². The fourth-order valence-corrected chi connectivity index (χ4v) is 2.06. The van der Waals surface area contributed by atoms with Crippen molar-refractivity contribution in [3.05, 3.63) is 23.4 Å². The molecule has 1 aliphatic carbocycles. The van der Waals surface area contributed by atoms with Crippen molar-refractivity contribution >= 4 is 17.9 Å². The molecule has 0 bridgehead atoms. The molecule has 1 fully saturated rings. The van der Waals surface area contributed by atoms with Gasteiger partial charge < -0.3 is 9.53 Å². The van der Waals surface area contributed by atoms with Crippen molar-refractivity contribution in [1.29, 1.82) is 0 Å². The van der Waals surface area contributed by atoms with Gasteiger partial charge in [-0.3, -0.25) is 0 Å². The van der Waals surface area contributed by atoms with E-state index in [4.69, 9.17) is 16.3 Å². The number of pyridine rings is 1. The first-order valence-corrected chi connectivity index (χ1v) is 5.89. The molecule has 0 atom stereocenters. The summed E-state index contributed by atoms with van der Waals surface area (Å²) in [5.41, 5.74) is 0. The van der Waals surface area contributed by atoms with E-state index in [1.165, 1.54) is 0 Å². The number of hydrogen-bond acceptors (Lipinski definition) is 3. The Morgan fingerprint density at radius 3 is 2.62 bits per heavy atom. The highest BCUT2D eigenvalue weighted by Crippen LogP contribution is 2.26. The minimum absolute atomic E-state index is 0.185. The lowest BCUT2D eigenvalue weighted by atomic mass is 9.88. The molecule has 0 saturated heterocycles. The highest BCUT2D eigenvalue weighted by Gasteiger charge is 2.22. The molecule has 4 heteroatoms. The molecule has 0 radical (unpaired) electrons. The molecule has 16 heavy (non-hydrogen) atoms. The van der Waals surface area contributed by atoms with E-state index in [1.807, 2.05) is 0 Å². The normalized spacial score (nSPS) is 25.1.